The number of nitrogens with zero attached hydrogens (tertiary/aromatic N) is 1. The molecule has 0 spiro atoms. The molecule has 0 unspecified atom stereocenters. The monoisotopic (exact) mass is 122 g/mol. The molecule has 0 radical (unpaired) electrons. The van der Waals surface area contributed by atoms with Crippen LogP contribution in [0.15, 0.2) is 16.8 Å². The Hall–Kier alpha value is -0.790. The van der Waals surface area contributed by atoms with Gasteiger partial charge >= 0.3 is 0 Å². The predicted octanol–water partition coefficient (Wildman–Crippen LogP) is 0.912. The Morgan fingerprint density at radius 3 is 3.00 bits per heavy atom. The van der Waals surface area contributed by atoms with Crippen LogP contribution in [0.1, 0.15) is 12.8 Å². The lowest BCUT2D eigenvalue weighted by Crippen LogP contribution is -2.10. The smallest absolute Gasteiger partial charge is 0.0867 e. The summed E-state index contributed by atoms with van der Waals surface area (Å²) in [5.74, 6) is 0.870. The third-order valence-electron chi connectivity index (χ3n) is 1.81. The Kier molecular flexibility index (Phi) is 1.04. The third kappa shape index (κ3) is 0.969. The Labute approximate surface area is 54.7 Å². The van der Waals surface area contributed by atoms with E-state index in [1.54, 1.807) is 6.34 Å². The fourth-order valence-electron chi connectivity index (χ4n) is 1.09. The zero-order valence-corrected chi connectivity index (χ0v) is 5.30. The molecule has 1 N–H and O–H groups in total. The second kappa shape index (κ2) is 1.87. The van der Waals surface area contributed by atoms with Crippen LogP contribution in [0.5, 0.6) is 0 Å². The summed E-state index contributed by atoms with van der Waals surface area (Å²) in [6, 6.07) is 0. The van der Waals surface area contributed by atoms with Gasteiger partial charge in [-0.05, 0) is 24.3 Å². The standard InChI is InChI=1S/C7H10N2/c1-2-6(1)7-3-8-5-9-4-7/h3,5-6H,1-2,4H2,(H,8,9). The molecule has 1 saturated carbocycles. The van der Waals surface area contributed by atoms with Crippen molar-refractivity contribution in [1.82, 2.24) is 5.32 Å². The molecule has 0 bridgehead atoms. The average Bonchev–Trinajstić information content (AvgIpc) is 2.71. The fourth-order valence-corrected chi connectivity index (χ4v) is 1.09. The first-order valence-corrected chi connectivity index (χ1v) is 3.40. The summed E-state index contributed by atoms with van der Waals surface area (Å²) < 4.78 is 0. The first-order chi connectivity index (χ1) is 4.47. The van der Waals surface area contributed by atoms with Crippen LogP contribution in [0.25, 0.3) is 0 Å². The van der Waals surface area contributed by atoms with Crippen molar-refractivity contribution in [3.8, 4) is 0 Å². The van der Waals surface area contributed by atoms with Crippen molar-refractivity contribution in [2.45, 2.75) is 12.8 Å². The molecule has 1 heterocycles. The van der Waals surface area contributed by atoms with Crippen molar-refractivity contribution in [3.05, 3.63) is 11.8 Å². The molecule has 9 heavy (non-hydrogen) atoms. The number of hydrogen-bond acceptors (Lipinski definition) is 2. The largest absolute Gasteiger partial charge is 0.353 e. The molecule has 2 nitrogen and oxygen atoms in total. The fraction of sp³-hybridized carbons (Fsp3) is 0.571. The summed E-state index contributed by atoms with van der Waals surface area (Å²) >= 11 is 0. The van der Waals surface area contributed by atoms with Gasteiger partial charge < -0.3 is 5.32 Å². The second-order valence-electron chi connectivity index (χ2n) is 2.63. The Morgan fingerprint density at radius 1 is 1.56 bits per heavy atom. The maximum absolute atomic E-state index is 4.12. The van der Waals surface area contributed by atoms with Gasteiger partial charge in [0.05, 0.1) is 12.9 Å². The Bertz CT molecular complexity index is 166. The lowest BCUT2D eigenvalue weighted by molar-refractivity contribution is 0.902. The van der Waals surface area contributed by atoms with Crippen LogP contribution >= 0.6 is 0 Å². The molecule has 0 atom stereocenters. The zero-order chi connectivity index (χ0) is 6.10. The molecule has 1 fully saturated rings. The van der Waals surface area contributed by atoms with E-state index in [-0.39, 0.29) is 0 Å². The maximum atomic E-state index is 4.12. The van der Waals surface area contributed by atoms with Crippen LogP contribution in [-0.4, -0.2) is 12.9 Å². The van der Waals surface area contributed by atoms with Gasteiger partial charge in [0.15, 0.2) is 0 Å². The molecule has 48 valence electrons. The van der Waals surface area contributed by atoms with Gasteiger partial charge in [-0.15, -0.1) is 0 Å². The van der Waals surface area contributed by atoms with Crippen molar-refractivity contribution < 1.29 is 0 Å². The molecule has 0 amide bonds. The molecule has 0 aromatic carbocycles. The molecular formula is C7H10N2. The van der Waals surface area contributed by atoms with E-state index >= 15 is 0 Å². The summed E-state index contributed by atoms with van der Waals surface area (Å²) in [5.41, 5.74) is 1.48. The summed E-state index contributed by atoms with van der Waals surface area (Å²) in [6.07, 6.45) is 6.60. The quantitative estimate of drug-likeness (QED) is 0.549. The van der Waals surface area contributed by atoms with E-state index in [4.69, 9.17) is 0 Å². The molecule has 0 aromatic rings. The van der Waals surface area contributed by atoms with E-state index in [1.807, 2.05) is 0 Å². The molecule has 1 aliphatic carbocycles. The summed E-state index contributed by atoms with van der Waals surface area (Å²) in [7, 11) is 0. The van der Waals surface area contributed by atoms with Gasteiger partial charge in [0.2, 0.25) is 0 Å². The molecular weight excluding hydrogens is 112 g/mol. The lowest BCUT2D eigenvalue weighted by atomic mass is 10.2. The highest BCUT2D eigenvalue weighted by Gasteiger charge is 2.25. The van der Waals surface area contributed by atoms with E-state index < -0.39 is 0 Å². The summed E-state index contributed by atoms with van der Waals surface area (Å²) in [5, 5.41) is 3.00. The van der Waals surface area contributed by atoms with Crippen LogP contribution in [0.2, 0.25) is 0 Å². The number of nitrogens with one attached hydrogen (secondary N) is 1. The van der Waals surface area contributed by atoms with Crippen LogP contribution in [0.3, 0.4) is 0 Å². The van der Waals surface area contributed by atoms with Crippen molar-refractivity contribution in [2.24, 2.45) is 10.9 Å². The number of aliphatic imine (C=N–C) groups is 1. The molecule has 2 rings (SSSR count). The van der Waals surface area contributed by atoms with E-state index in [9.17, 15) is 0 Å². The lowest BCUT2D eigenvalue weighted by Gasteiger charge is -2.05. The highest BCUT2D eigenvalue weighted by atomic mass is 14.9. The van der Waals surface area contributed by atoms with Crippen LogP contribution in [-0.2, 0) is 0 Å². The van der Waals surface area contributed by atoms with Gasteiger partial charge in [0, 0.05) is 6.20 Å². The van der Waals surface area contributed by atoms with E-state index in [0.29, 0.717) is 0 Å². The minimum Gasteiger partial charge on any atom is -0.353 e. The molecule has 2 heteroatoms. The van der Waals surface area contributed by atoms with Gasteiger partial charge in [-0.3, -0.25) is 4.99 Å². The zero-order valence-electron chi connectivity index (χ0n) is 5.30. The van der Waals surface area contributed by atoms with Gasteiger partial charge in [-0.2, -0.15) is 0 Å². The first-order valence-electron chi connectivity index (χ1n) is 3.40. The average molecular weight is 122 g/mol. The second-order valence-corrected chi connectivity index (χ2v) is 2.63. The van der Waals surface area contributed by atoms with Crippen molar-refractivity contribution in [3.63, 3.8) is 0 Å². The maximum Gasteiger partial charge on any atom is 0.0867 e. The molecule has 2 aliphatic rings. The van der Waals surface area contributed by atoms with Gasteiger partial charge in [-0.25, -0.2) is 0 Å². The highest BCUT2D eigenvalue weighted by Crippen LogP contribution is 2.36. The van der Waals surface area contributed by atoms with E-state index in [2.05, 4.69) is 16.5 Å². The van der Waals surface area contributed by atoms with E-state index in [1.165, 1.54) is 18.4 Å². The number of rotatable bonds is 1. The van der Waals surface area contributed by atoms with Gasteiger partial charge in [0.25, 0.3) is 0 Å². The number of hydrogen-bond donors (Lipinski definition) is 1. The van der Waals surface area contributed by atoms with Gasteiger partial charge in [0.1, 0.15) is 0 Å². The SMILES string of the molecule is C1=NCC(C2CC2)=CN1. The molecule has 1 aliphatic heterocycles. The topological polar surface area (TPSA) is 24.4 Å². The van der Waals surface area contributed by atoms with Gasteiger partial charge in [-0.1, -0.05) is 0 Å². The van der Waals surface area contributed by atoms with E-state index in [0.717, 1.165) is 12.5 Å². The molecule has 0 aromatic heterocycles. The minimum atomic E-state index is 0.870. The van der Waals surface area contributed by atoms with Crippen LogP contribution < -0.4 is 5.32 Å². The Morgan fingerprint density at radius 2 is 2.44 bits per heavy atom. The van der Waals surface area contributed by atoms with Crippen molar-refractivity contribution in [2.75, 3.05) is 6.54 Å². The third-order valence-corrected chi connectivity index (χ3v) is 1.81. The highest BCUT2D eigenvalue weighted by molar-refractivity contribution is 5.58. The Balaban J connectivity index is 2.02. The first kappa shape index (κ1) is 5.03. The van der Waals surface area contributed by atoms with Crippen LogP contribution in [0.4, 0.5) is 0 Å². The van der Waals surface area contributed by atoms with Crippen molar-refractivity contribution in [1.29, 1.82) is 0 Å². The van der Waals surface area contributed by atoms with Crippen molar-refractivity contribution >= 4 is 6.34 Å². The minimum absolute atomic E-state index is 0.870. The summed E-state index contributed by atoms with van der Waals surface area (Å²) in [6.45, 7) is 0.928. The van der Waals surface area contributed by atoms with Crippen LogP contribution in [0, 0.1) is 5.92 Å². The summed E-state index contributed by atoms with van der Waals surface area (Å²) in [4.78, 5) is 4.12. The normalized spacial score (nSPS) is 25.1. The molecule has 0 saturated heterocycles. The predicted molar refractivity (Wildman–Crippen MR) is 37.3 cm³/mol.